The number of aliphatic imine (C=N–C) groups is 1. The van der Waals surface area contributed by atoms with E-state index in [-0.39, 0.29) is 11.9 Å². The second-order valence-electron chi connectivity index (χ2n) is 5.57. The van der Waals surface area contributed by atoms with Gasteiger partial charge in [-0.05, 0) is 25.7 Å². The van der Waals surface area contributed by atoms with E-state index in [4.69, 9.17) is 0 Å². The highest BCUT2D eigenvalue weighted by atomic mass is 32.2. The number of carbonyl (C=O) groups is 1. The van der Waals surface area contributed by atoms with Crippen LogP contribution in [0.3, 0.4) is 0 Å². The van der Waals surface area contributed by atoms with E-state index in [2.05, 4.69) is 38.0 Å². The molecular formula is C15H28N2OS. The number of hydrogen-bond donors (Lipinski definition) is 1. The minimum absolute atomic E-state index is 0.133. The van der Waals surface area contributed by atoms with Gasteiger partial charge in [0.05, 0.1) is 0 Å². The lowest BCUT2D eigenvalue weighted by Crippen LogP contribution is -2.39. The van der Waals surface area contributed by atoms with E-state index < -0.39 is 0 Å². The van der Waals surface area contributed by atoms with E-state index in [1.807, 2.05) is 0 Å². The van der Waals surface area contributed by atoms with Crippen LogP contribution in [0.4, 0.5) is 0 Å². The lowest BCUT2D eigenvalue weighted by atomic mass is 9.97. The van der Waals surface area contributed by atoms with Gasteiger partial charge >= 0.3 is 0 Å². The van der Waals surface area contributed by atoms with Gasteiger partial charge in [0.25, 0.3) is 0 Å². The Morgan fingerprint density at radius 1 is 1.37 bits per heavy atom. The van der Waals surface area contributed by atoms with Crippen molar-refractivity contribution in [3.05, 3.63) is 0 Å². The summed E-state index contributed by atoms with van der Waals surface area (Å²) in [4.78, 5) is 16.4. The largest absolute Gasteiger partial charge is 0.305 e. The van der Waals surface area contributed by atoms with Crippen molar-refractivity contribution in [3.8, 4) is 0 Å². The molecule has 1 amide bonds. The SMILES string of the molecule is CCCCCC(C)C1CC(=O)NC(=NC(C)CC)S1. The summed E-state index contributed by atoms with van der Waals surface area (Å²) in [7, 11) is 0. The van der Waals surface area contributed by atoms with Crippen molar-refractivity contribution in [3.63, 3.8) is 0 Å². The summed E-state index contributed by atoms with van der Waals surface area (Å²) in [5.74, 6) is 0.720. The predicted molar refractivity (Wildman–Crippen MR) is 84.6 cm³/mol. The van der Waals surface area contributed by atoms with Gasteiger partial charge < -0.3 is 5.32 Å². The van der Waals surface area contributed by atoms with E-state index in [0.29, 0.717) is 17.6 Å². The number of thioether (sulfide) groups is 1. The van der Waals surface area contributed by atoms with Crippen molar-refractivity contribution >= 4 is 22.8 Å². The van der Waals surface area contributed by atoms with E-state index in [1.54, 1.807) is 11.8 Å². The third kappa shape index (κ3) is 5.98. The third-order valence-corrected chi connectivity index (χ3v) is 5.09. The summed E-state index contributed by atoms with van der Waals surface area (Å²) < 4.78 is 0. The zero-order valence-electron chi connectivity index (χ0n) is 12.7. The number of hydrogen-bond acceptors (Lipinski definition) is 3. The van der Waals surface area contributed by atoms with Gasteiger partial charge in [0, 0.05) is 17.7 Å². The lowest BCUT2D eigenvalue weighted by Gasteiger charge is -2.28. The topological polar surface area (TPSA) is 41.5 Å². The van der Waals surface area contributed by atoms with Gasteiger partial charge in [-0.3, -0.25) is 9.79 Å². The molecule has 1 N–H and O–H groups in total. The smallest absolute Gasteiger partial charge is 0.227 e. The molecule has 0 aromatic heterocycles. The Hall–Kier alpha value is -0.510. The molecule has 0 radical (unpaired) electrons. The Kier molecular flexibility index (Phi) is 7.51. The van der Waals surface area contributed by atoms with Crippen LogP contribution in [-0.2, 0) is 4.79 Å². The highest BCUT2D eigenvalue weighted by molar-refractivity contribution is 8.14. The van der Waals surface area contributed by atoms with Crippen LogP contribution in [-0.4, -0.2) is 22.4 Å². The quantitative estimate of drug-likeness (QED) is 0.718. The zero-order valence-corrected chi connectivity index (χ0v) is 13.6. The van der Waals surface area contributed by atoms with Crippen molar-refractivity contribution in [1.82, 2.24) is 5.32 Å². The van der Waals surface area contributed by atoms with Crippen LogP contribution in [0.15, 0.2) is 4.99 Å². The minimum atomic E-state index is 0.133. The van der Waals surface area contributed by atoms with E-state index in [9.17, 15) is 4.79 Å². The molecule has 3 nitrogen and oxygen atoms in total. The molecular weight excluding hydrogens is 256 g/mol. The summed E-state index contributed by atoms with van der Waals surface area (Å²) in [6.07, 6.45) is 6.69. The molecule has 4 heteroatoms. The van der Waals surface area contributed by atoms with Crippen LogP contribution in [0.1, 0.15) is 66.2 Å². The number of amidine groups is 1. The highest BCUT2D eigenvalue weighted by Crippen LogP contribution is 2.30. The molecule has 0 bridgehead atoms. The van der Waals surface area contributed by atoms with Crippen LogP contribution < -0.4 is 5.32 Å². The maximum absolute atomic E-state index is 11.8. The Morgan fingerprint density at radius 3 is 2.74 bits per heavy atom. The van der Waals surface area contributed by atoms with Crippen LogP contribution in [0, 0.1) is 5.92 Å². The first-order valence-electron chi connectivity index (χ1n) is 7.61. The number of unbranched alkanes of at least 4 members (excludes halogenated alkanes) is 2. The Bertz CT molecular complexity index is 317. The molecule has 110 valence electrons. The monoisotopic (exact) mass is 284 g/mol. The van der Waals surface area contributed by atoms with Crippen LogP contribution in [0.2, 0.25) is 0 Å². The molecule has 0 aromatic carbocycles. The van der Waals surface area contributed by atoms with Gasteiger partial charge in [0.15, 0.2) is 5.17 Å². The summed E-state index contributed by atoms with van der Waals surface area (Å²) in [6.45, 7) is 8.71. The number of carbonyl (C=O) groups excluding carboxylic acids is 1. The number of nitrogens with zero attached hydrogens (tertiary/aromatic N) is 1. The van der Waals surface area contributed by atoms with Crippen molar-refractivity contribution in [1.29, 1.82) is 0 Å². The Labute approximate surface area is 122 Å². The van der Waals surface area contributed by atoms with Crippen LogP contribution in [0.5, 0.6) is 0 Å². The van der Waals surface area contributed by atoms with Gasteiger partial charge in [-0.2, -0.15) is 0 Å². The average Bonchev–Trinajstić information content (AvgIpc) is 2.38. The molecule has 1 fully saturated rings. The maximum atomic E-state index is 11.8. The first kappa shape index (κ1) is 16.5. The van der Waals surface area contributed by atoms with E-state index in [1.165, 1.54) is 25.7 Å². The summed E-state index contributed by atoms with van der Waals surface area (Å²) in [6, 6.07) is 0.289. The molecule has 1 aliphatic heterocycles. The molecule has 3 unspecified atom stereocenters. The average molecular weight is 284 g/mol. The second-order valence-corrected chi connectivity index (χ2v) is 6.80. The van der Waals surface area contributed by atoms with E-state index in [0.717, 1.165) is 11.6 Å². The van der Waals surface area contributed by atoms with Gasteiger partial charge in [-0.15, -0.1) is 0 Å². The minimum Gasteiger partial charge on any atom is -0.305 e. The number of rotatable bonds is 7. The van der Waals surface area contributed by atoms with Gasteiger partial charge in [-0.25, -0.2) is 0 Å². The maximum Gasteiger partial charge on any atom is 0.227 e. The molecule has 0 saturated carbocycles. The zero-order chi connectivity index (χ0) is 14.3. The molecule has 19 heavy (non-hydrogen) atoms. The highest BCUT2D eigenvalue weighted by Gasteiger charge is 2.28. The number of amides is 1. The fourth-order valence-corrected chi connectivity index (χ4v) is 3.44. The molecule has 0 spiro atoms. The van der Waals surface area contributed by atoms with Gasteiger partial charge in [0.1, 0.15) is 0 Å². The first-order valence-corrected chi connectivity index (χ1v) is 8.49. The van der Waals surface area contributed by atoms with Crippen LogP contribution >= 0.6 is 11.8 Å². The first-order chi connectivity index (χ1) is 9.06. The molecule has 1 aliphatic rings. The van der Waals surface area contributed by atoms with Crippen molar-refractivity contribution in [2.45, 2.75) is 77.5 Å². The van der Waals surface area contributed by atoms with Crippen LogP contribution in [0.25, 0.3) is 0 Å². The molecule has 1 heterocycles. The summed E-state index contributed by atoms with van der Waals surface area (Å²) in [5.41, 5.74) is 0. The standard InChI is InChI=1S/C15H28N2OS/c1-5-7-8-9-11(3)13-10-14(18)17-15(19-13)16-12(4)6-2/h11-13H,5-10H2,1-4H3,(H,16,17,18). The molecule has 3 atom stereocenters. The Balaban J connectivity index is 2.54. The second kappa shape index (κ2) is 8.62. The lowest BCUT2D eigenvalue weighted by molar-refractivity contribution is -0.119. The third-order valence-electron chi connectivity index (χ3n) is 3.72. The molecule has 0 aromatic rings. The molecule has 1 rings (SSSR count). The summed E-state index contributed by atoms with van der Waals surface area (Å²) in [5, 5.41) is 4.14. The van der Waals surface area contributed by atoms with Crippen molar-refractivity contribution < 1.29 is 4.79 Å². The molecule has 1 saturated heterocycles. The van der Waals surface area contributed by atoms with Crippen molar-refractivity contribution in [2.24, 2.45) is 10.9 Å². The van der Waals surface area contributed by atoms with Gasteiger partial charge in [-0.1, -0.05) is 51.8 Å². The van der Waals surface area contributed by atoms with Gasteiger partial charge in [0.2, 0.25) is 5.91 Å². The summed E-state index contributed by atoms with van der Waals surface area (Å²) >= 11 is 1.76. The van der Waals surface area contributed by atoms with E-state index >= 15 is 0 Å². The fourth-order valence-electron chi connectivity index (χ4n) is 2.14. The molecule has 0 aliphatic carbocycles. The fraction of sp³-hybridized carbons (Fsp3) is 0.867. The normalized spacial score (nSPS) is 25.2. The predicted octanol–water partition coefficient (Wildman–Crippen LogP) is 3.98. The number of nitrogens with one attached hydrogen (secondary N) is 1. The Morgan fingerprint density at radius 2 is 2.11 bits per heavy atom. The van der Waals surface area contributed by atoms with Crippen molar-refractivity contribution in [2.75, 3.05) is 0 Å².